The van der Waals surface area contributed by atoms with Gasteiger partial charge in [0.05, 0.1) is 6.04 Å². The van der Waals surface area contributed by atoms with E-state index in [1.807, 2.05) is 9.80 Å². The molecule has 0 spiro atoms. The largest absolute Gasteiger partial charge is 0.328 e. The quantitative estimate of drug-likeness (QED) is 0.737. The van der Waals surface area contributed by atoms with Crippen molar-refractivity contribution in [3.05, 3.63) is 0 Å². The lowest BCUT2D eigenvalue weighted by Crippen LogP contribution is -2.60. The molecule has 18 heavy (non-hydrogen) atoms. The van der Waals surface area contributed by atoms with Gasteiger partial charge in [-0.1, -0.05) is 6.92 Å². The first kappa shape index (κ1) is 13.6. The summed E-state index contributed by atoms with van der Waals surface area (Å²) in [5, 5.41) is 0. The van der Waals surface area contributed by atoms with E-state index in [4.69, 9.17) is 5.73 Å². The van der Waals surface area contributed by atoms with Gasteiger partial charge in [0.25, 0.3) is 0 Å². The number of nitrogens with two attached hydrogens (primary N) is 1. The number of urea groups is 1. The van der Waals surface area contributed by atoms with Crippen LogP contribution in [0.1, 0.15) is 19.8 Å². The predicted molar refractivity (Wildman–Crippen MR) is 72.4 cm³/mol. The van der Waals surface area contributed by atoms with E-state index in [0.29, 0.717) is 6.54 Å². The molecule has 2 aliphatic rings. The Morgan fingerprint density at radius 2 is 1.89 bits per heavy atom. The summed E-state index contributed by atoms with van der Waals surface area (Å²) in [6.07, 6.45) is 2.26. The SMILES string of the molecule is CC1CCN(C(=O)N2CCN(C)CC2CN)CC1. The van der Waals surface area contributed by atoms with Crippen LogP contribution >= 0.6 is 0 Å². The van der Waals surface area contributed by atoms with Gasteiger partial charge in [0, 0.05) is 39.3 Å². The van der Waals surface area contributed by atoms with Crippen LogP contribution in [-0.4, -0.2) is 73.1 Å². The molecule has 0 bridgehead atoms. The lowest BCUT2D eigenvalue weighted by Gasteiger charge is -2.43. The van der Waals surface area contributed by atoms with E-state index < -0.39 is 0 Å². The molecule has 5 nitrogen and oxygen atoms in total. The van der Waals surface area contributed by atoms with Crippen molar-refractivity contribution in [2.75, 3.05) is 46.3 Å². The molecule has 2 N–H and O–H groups in total. The molecule has 0 aliphatic carbocycles. The average molecular weight is 254 g/mol. The number of hydrogen-bond donors (Lipinski definition) is 1. The molecule has 2 amide bonds. The molecule has 5 heteroatoms. The average Bonchev–Trinajstić information content (AvgIpc) is 2.38. The zero-order valence-corrected chi connectivity index (χ0v) is 11.6. The molecule has 1 unspecified atom stereocenters. The molecule has 0 aromatic heterocycles. The van der Waals surface area contributed by atoms with Gasteiger partial charge in [-0.3, -0.25) is 0 Å². The normalized spacial score (nSPS) is 27.6. The first-order valence-corrected chi connectivity index (χ1v) is 7.06. The first-order chi connectivity index (χ1) is 8.61. The van der Waals surface area contributed by atoms with E-state index in [-0.39, 0.29) is 12.1 Å². The maximum atomic E-state index is 12.5. The summed E-state index contributed by atoms with van der Waals surface area (Å²) in [6.45, 7) is 7.29. The number of hydrogen-bond acceptors (Lipinski definition) is 3. The molecular weight excluding hydrogens is 228 g/mol. The number of likely N-dealkylation sites (tertiary alicyclic amines) is 1. The van der Waals surface area contributed by atoms with Crippen molar-refractivity contribution in [1.82, 2.24) is 14.7 Å². The van der Waals surface area contributed by atoms with E-state index >= 15 is 0 Å². The number of carbonyl (C=O) groups excluding carboxylic acids is 1. The Hall–Kier alpha value is -0.810. The number of nitrogens with zero attached hydrogens (tertiary/aromatic N) is 3. The van der Waals surface area contributed by atoms with E-state index in [9.17, 15) is 4.79 Å². The molecule has 1 atom stereocenters. The number of piperazine rings is 1. The third-order valence-corrected chi connectivity index (χ3v) is 4.26. The van der Waals surface area contributed by atoms with Gasteiger partial charge in [-0.25, -0.2) is 4.79 Å². The number of amides is 2. The van der Waals surface area contributed by atoms with Crippen molar-refractivity contribution in [3.8, 4) is 0 Å². The van der Waals surface area contributed by atoms with E-state index in [1.54, 1.807) is 0 Å². The van der Waals surface area contributed by atoms with Gasteiger partial charge < -0.3 is 20.4 Å². The Morgan fingerprint density at radius 3 is 2.50 bits per heavy atom. The van der Waals surface area contributed by atoms with Gasteiger partial charge in [-0.05, 0) is 25.8 Å². The van der Waals surface area contributed by atoms with Crippen LogP contribution in [0, 0.1) is 5.92 Å². The third kappa shape index (κ3) is 2.95. The fourth-order valence-electron chi connectivity index (χ4n) is 2.85. The van der Waals surface area contributed by atoms with E-state index in [1.165, 1.54) is 0 Å². The summed E-state index contributed by atoms with van der Waals surface area (Å²) in [7, 11) is 2.09. The van der Waals surface area contributed by atoms with Crippen LogP contribution in [-0.2, 0) is 0 Å². The van der Waals surface area contributed by atoms with Crippen molar-refractivity contribution < 1.29 is 4.79 Å². The van der Waals surface area contributed by atoms with Crippen LogP contribution in [0.5, 0.6) is 0 Å². The maximum absolute atomic E-state index is 12.5. The molecule has 2 saturated heterocycles. The summed E-state index contributed by atoms with van der Waals surface area (Å²) in [5.41, 5.74) is 5.81. The smallest absolute Gasteiger partial charge is 0.320 e. The van der Waals surface area contributed by atoms with Crippen molar-refractivity contribution in [3.63, 3.8) is 0 Å². The van der Waals surface area contributed by atoms with E-state index in [0.717, 1.165) is 51.5 Å². The molecule has 104 valence electrons. The minimum atomic E-state index is 0.176. The molecular formula is C13H26N4O. The molecule has 2 fully saturated rings. The topological polar surface area (TPSA) is 52.8 Å². The van der Waals surface area contributed by atoms with Crippen LogP contribution in [0.4, 0.5) is 4.79 Å². The monoisotopic (exact) mass is 254 g/mol. The molecule has 0 saturated carbocycles. The van der Waals surface area contributed by atoms with Gasteiger partial charge in [0.1, 0.15) is 0 Å². The van der Waals surface area contributed by atoms with Gasteiger partial charge >= 0.3 is 6.03 Å². The summed E-state index contributed by atoms with van der Waals surface area (Å²) in [4.78, 5) is 18.8. The van der Waals surface area contributed by atoms with Crippen LogP contribution in [0.25, 0.3) is 0 Å². The number of rotatable bonds is 1. The van der Waals surface area contributed by atoms with Gasteiger partial charge in [0.15, 0.2) is 0 Å². The van der Waals surface area contributed by atoms with Crippen molar-refractivity contribution in [1.29, 1.82) is 0 Å². The molecule has 0 aromatic carbocycles. The minimum Gasteiger partial charge on any atom is -0.328 e. The summed E-state index contributed by atoms with van der Waals surface area (Å²) < 4.78 is 0. The van der Waals surface area contributed by atoms with E-state index in [2.05, 4.69) is 18.9 Å². The zero-order chi connectivity index (χ0) is 13.1. The van der Waals surface area contributed by atoms with Gasteiger partial charge in [-0.15, -0.1) is 0 Å². The minimum absolute atomic E-state index is 0.176. The highest BCUT2D eigenvalue weighted by Crippen LogP contribution is 2.19. The summed E-state index contributed by atoms with van der Waals surface area (Å²) in [5.74, 6) is 0.756. The number of likely N-dealkylation sites (N-methyl/N-ethyl adjacent to an activating group) is 1. The molecule has 2 aliphatic heterocycles. The second-order valence-corrected chi connectivity index (χ2v) is 5.80. The fraction of sp³-hybridized carbons (Fsp3) is 0.923. The molecule has 0 aromatic rings. The summed E-state index contributed by atoms with van der Waals surface area (Å²) >= 11 is 0. The number of carbonyl (C=O) groups is 1. The van der Waals surface area contributed by atoms with Gasteiger partial charge in [0.2, 0.25) is 0 Å². The maximum Gasteiger partial charge on any atom is 0.320 e. The third-order valence-electron chi connectivity index (χ3n) is 4.26. The highest BCUT2D eigenvalue weighted by molar-refractivity contribution is 5.75. The van der Waals surface area contributed by atoms with Crippen LogP contribution in [0.15, 0.2) is 0 Å². The van der Waals surface area contributed by atoms with Crippen molar-refractivity contribution >= 4 is 6.03 Å². The Kier molecular flexibility index (Phi) is 4.45. The van der Waals surface area contributed by atoms with Crippen LogP contribution < -0.4 is 5.73 Å². The standard InChI is InChI=1S/C13H26N4O/c1-11-3-5-16(6-4-11)13(18)17-8-7-15(2)10-12(17)9-14/h11-12H,3-10,14H2,1-2H3. The summed E-state index contributed by atoms with van der Waals surface area (Å²) in [6, 6.07) is 0.376. The van der Waals surface area contributed by atoms with Crippen LogP contribution in [0.3, 0.4) is 0 Å². The van der Waals surface area contributed by atoms with Crippen molar-refractivity contribution in [2.45, 2.75) is 25.8 Å². The lowest BCUT2D eigenvalue weighted by molar-refractivity contribution is 0.0800. The predicted octanol–water partition coefficient (Wildman–Crippen LogP) is 0.413. The fourth-order valence-corrected chi connectivity index (χ4v) is 2.85. The molecule has 2 rings (SSSR count). The second kappa shape index (κ2) is 5.89. The zero-order valence-electron chi connectivity index (χ0n) is 11.6. The van der Waals surface area contributed by atoms with Gasteiger partial charge in [-0.2, -0.15) is 0 Å². The second-order valence-electron chi connectivity index (χ2n) is 5.80. The van der Waals surface area contributed by atoms with Crippen molar-refractivity contribution in [2.24, 2.45) is 11.7 Å². The molecule has 2 heterocycles. The first-order valence-electron chi connectivity index (χ1n) is 7.06. The van der Waals surface area contributed by atoms with Crippen LogP contribution in [0.2, 0.25) is 0 Å². The molecule has 0 radical (unpaired) electrons. The Morgan fingerprint density at radius 1 is 1.22 bits per heavy atom. The number of piperidine rings is 1. The highest BCUT2D eigenvalue weighted by Gasteiger charge is 2.32. The lowest BCUT2D eigenvalue weighted by atomic mass is 9.99. The Labute approximate surface area is 110 Å². The Bertz CT molecular complexity index is 289. The highest BCUT2D eigenvalue weighted by atomic mass is 16.2. The Balaban J connectivity index is 1.95.